The van der Waals surface area contributed by atoms with Gasteiger partial charge in [-0.25, -0.2) is 0 Å². The molecule has 3 heterocycles. The molecule has 2 saturated heterocycles. The fourth-order valence-corrected chi connectivity index (χ4v) is 1.65. The largest absolute Gasteiger partial charge is 0.379 e. The van der Waals surface area contributed by atoms with Gasteiger partial charge in [-0.3, -0.25) is 0 Å². The number of hydrogen-bond acceptors (Lipinski definition) is 5. The molecular weight excluding hydrogens is 218 g/mol. The summed E-state index contributed by atoms with van der Waals surface area (Å²) < 4.78 is 10.4. The summed E-state index contributed by atoms with van der Waals surface area (Å²) in [4.78, 5) is 4.43. The minimum absolute atomic E-state index is 0. The Morgan fingerprint density at radius 2 is 2.13 bits per heavy atom. The molecule has 0 aromatic carbocycles. The van der Waals surface area contributed by atoms with Gasteiger partial charge in [0, 0.05) is 19.0 Å². The molecule has 0 radical (unpaired) electrons. The van der Waals surface area contributed by atoms with E-state index >= 15 is 0 Å². The molecule has 0 unspecified atom stereocenters. The van der Waals surface area contributed by atoms with E-state index in [1.807, 2.05) is 0 Å². The van der Waals surface area contributed by atoms with Crippen molar-refractivity contribution < 1.29 is 9.26 Å². The SMILES string of the molecule is CC1(c2nc(C3CNC3)no2)COC1.Cl. The van der Waals surface area contributed by atoms with Crippen LogP contribution in [0.2, 0.25) is 0 Å². The van der Waals surface area contributed by atoms with Crippen molar-refractivity contribution in [1.29, 1.82) is 0 Å². The highest BCUT2D eigenvalue weighted by molar-refractivity contribution is 5.85. The van der Waals surface area contributed by atoms with Gasteiger partial charge < -0.3 is 14.6 Å². The van der Waals surface area contributed by atoms with Gasteiger partial charge in [0.25, 0.3) is 0 Å². The number of hydrogen-bond donors (Lipinski definition) is 1. The molecule has 0 amide bonds. The van der Waals surface area contributed by atoms with E-state index in [1.54, 1.807) is 0 Å². The maximum Gasteiger partial charge on any atom is 0.237 e. The molecule has 0 bridgehead atoms. The molecule has 6 heteroatoms. The molecule has 0 atom stereocenters. The second-order valence-electron chi connectivity index (χ2n) is 4.37. The first-order valence-electron chi connectivity index (χ1n) is 4.90. The molecule has 2 aliphatic heterocycles. The van der Waals surface area contributed by atoms with E-state index in [0.29, 0.717) is 19.1 Å². The van der Waals surface area contributed by atoms with Crippen molar-refractivity contribution in [2.45, 2.75) is 18.3 Å². The average molecular weight is 232 g/mol. The smallest absolute Gasteiger partial charge is 0.237 e. The number of halogens is 1. The molecule has 1 N–H and O–H groups in total. The highest BCUT2D eigenvalue weighted by Gasteiger charge is 2.41. The maximum absolute atomic E-state index is 5.26. The van der Waals surface area contributed by atoms with Gasteiger partial charge in [0.1, 0.15) is 0 Å². The summed E-state index contributed by atoms with van der Waals surface area (Å²) >= 11 is 0. The second kappa shape index (κ2) is 3.73. The van der Waals surface area contributed by atoms with Crippen molar-refractivity contribution in [3.63, 3.8) is 0 Å². The lowest BCUT2D eigenvalue weighted by molar-refractivity contribution is -0.0644. The summed E-state index contributed by atoms with van der Waals surface area (Å²) in [6.07, 6.45) is 0. The van der Waals surface area contributed by atoms with E-state index in [-0.39, 0.29) is 17.8 Å². The number of aromatic nitrogens is 2. The Labute approximate surface area is 94.0 Å². The molecule has 0 saturated carbocycles. The fourth-order valence-electron chi connectivity index (χ4n) is 1.65. The lowest BCUT2D eigenvalue weighted by Crippen LogP contribution is -2.44. The summed E-state index contributed by atoms with van der Waals surface area (Å²) in [5.41, 5.74) is -0.0393. The Kier molecular flexibility index (Phi) is 2.70. The van der Waals surface area contributed by atoms with Crippen LogP contribution in [0.4, 0.5) is 0 Å². The van der Waals surface area contributed by atoms with Gasteiger partial charge in [0.05, 0.1) is 18.6 Å². The average Bonchev–Trinajstić information content (AvgIpc) is 2.46. The van der Waals surface area contributed by atoms with Gasteiger partial charge in [-0.2, -0.15) is 4.98 Å². The van der Waals surface area contributed by atoms with E-state index < -0.39 is 0 Å². The van der Waals surface area contributed by atoms with Crippen LogP contribution in [0.5, 0.6) is 0 Å². The van der Waals surface area contributed by atoms with Gasteiger partial charge in [-0.15, -0.1) is 12.4 Å². The zero-order valence-corrected chi connectivity index (χ0v) is 9.34. The number of nitrogens with zero attached hydrogens (tertiary/aromatic N) is 2. The van der Waals surface area contributed by atoms with Gasteiger partial charge in [-0.05, 0) is 6.92 Å². The lowest BCUT2D eigenvalue weighted by Gasteiger charge is -2.34. The minimum atomic E-state index is -0.0393. The standard InChI is InChI=1S/C9H13N3O2.ClH/c1-9(4-13-5-9)8-11-7(12-14-8)6-2-10-3-6;/h6,10H,2-5H2,1H3;1H. The van der Waals surface area contributed by atoms with Gasteiger partial charge in [0.15, 0.2) is 5.82 Å². The minimum Gasteiger partial charge on any atom is -0.379 e. The van der Waals surface area contributed by atoms with Crippen molar-refractivity contribution in [3.05, 3.63) is 11.7 Å². The Balaban J connectivity index is 0.000000853. The lowest BCUT2D eigenvalue weighted by atomic mass is 9.88. The first-order valence-corrected chi connectivity index (χ1v) is 4.90. The summed E-state index contributed by atoms with van der Waals surface area (Å²) in [5, 5.41) is 7.19. The third kappa shape index (κ3) is 1.64. The molecule has 1 aromatic heterocycles. The molecule has 2 fully saturated rings. The normalized spacial score (nSPS) is 23.8. The van der Waals surface area contributed by atoms with E-state index in [4.69, 9.17) is 9.26 Å². The number of rotatable bonds is 2. The molecule has 0 spiro atoms. The van der Waals surface area contributed by atoms with Gasteiger partial charge in [-0.1, -0.05) is 5.16 Å². The van der Waals surface area contributed by atoms with E-state index in [9.17, 15) is 0 Å². The third-order valence-corrected chi connectivity index (χ3v) is 2.95. The topological polar surface area (TPSA) is 60.2 Å². The van der Waals surface area contributed by atoms with Crippen LogP contribution in [0, 0.1) is 0 Å². The van der Waals surface area contributed by atoms with E-state index in [0.717, 1.165) is 24.8 Å². The molecule has 0 aliphatic carbocycles. The zero-order valence-electron chi connectivity index (χ0n) is 8.52. The predicted octanol–water partition coefficient (Wildman–Crippen LogP) is 0.466. The summed E-state index contributed by atoms with van der Waals surface area (Å²) in [5.74, 6) is 2.01. The van der Waals surface area contributed by atoms with Crippen LogP contribution in [-0.4, -0.2) is 36.4 Å². The third-order valence-electron chi connectivity index (χ3n) is 2.95. The summed E-state index contributed by atoms with van der Waals surface area (Å²) in [6.45, 7) is 5.40. The van der Waals surface area contributed by atoms with Crippen LogP contribution in [0.3, 0.4) is 0 Å². The van der Waals surface area contributed by atoms with Crippen molar-refractivity contribution >= 4 is 12.4 Å². The van der Waals surface area contributed by atoms with Crippen LogP contribution in [0.25, 0.3) is 0 Å². The Hall–Kier alpha value is -0.650. The van der Waals surface area contributed by atoms with Crippen LogP contribution in [0.1, 0.15) is 24.6 Å². The first-order chi connectivity index (χ1) is 6.78. The molecule has 1 aromatic rings. The fraction of sp³-hybridized carbons (Fsp3) is 0.778. The van der Waals surface area contributed by atoms with Crippen LogP contribution < -0.4 is 5.32 Å². The predicted molar refractivity (Wildman–Crippen MR) is 55.3 cm³/mol. The van der Waals surface area contributed by atoms with Crippen LogP contribution in [-0.2, 0) is 10.2 Å². The van der Waals surface area contributed by atoms with Crippen molar-refractivity contribution in [1.82, 2.24) is 15.5 Å². The van der Waals surface area contributed by atoms with E-state index in [2.05, 4.69) is 22.4 Å². The number of ether oxygens (including phenoxy) is 1. The van der Waals surface area contributed by atoms with Crippen LogP contribution in [0.15, 0.2) is 4.52 Å². The highest BCUT2D eigenvalue weighted by Crippen LogP contribution is 2.31. The van der Waals surface area contributed by atoms with Crippen molar-refractivity contribution in [3.8, 4) is 0 Å². The first kappa shape index (κ1) is 10.9. The van der Waals surface area contributed by atoms with Gasteiger partial charge in [0.2, 0.25) is 5.89 Å². The molecule has 3 rings (SSSR count). The summed E-state index contributed by atoms with van der Waals surface area (Å²) in [6, 6.07) is 0. The monoisotopic (exact) mass is 231 g/mol. The zero-order chi connectivity index (χ0) is 9.60. The molecule has 84 valence electrons. The Bertz CT molecular complexity index is 347. The van der Waals surface area contributed by atoms with Crippen molar-refractivity contribution in [2.75, 3.05) is 26.3 Å². The molecular formula is C9H14ClN3O2. The van der Waals surface area contributed by atoms with E-state index in [1.165, 1.54) is 0 Å². The molecule has 5 nitrogen and oxygen atoms in total. The Morgan fingerprint density at radius 1 is 1.40 bits per heavy atom. The molecule has 15 heavy (non-hydrogen) atoms. The number of nitrogens with one attached hydrogen (secondary N) is 1. The van der Waals surface area contributed by atoms with Gasteiger partial charge >= 0.3 is 0 Å². The maximum atomic E-state index is 5.26. The van der Waals surface area contributed by atoms with Crippen molar-refractivity contribution in [2.24, 2.45) is 0 Å². The quantitative estimate of drug-likeness (QED) is 0.802. The Morgan fingerprint density at radius 3 is 2.60 bits per heavy atom. The highest BCUT2D eigenvalue weighted by atomic mass is 35.5. The molecule has 2 aliphatic rings. The second-order valence-corrected chi connectivity index (χ2v) is 4.37. The van der Waals surface area contributed by atoms with Crippen LogP contribution >= 0.6 is 12.4 Å². The summed E-state index contributed by atoms with van der Waals surface area (Å²) in [7, 11) is 0.